The lowest BCUT2D eigenvalue weighted by molar-refractivity contribution is -0.200. The summed E-state index contributed by atoms with van der Waals surface area (Å²) in [6.45, 7) is 3.64. The van der Waals surface area contributed by atoms with Crippen LogP contribution in [-0.4, -0.2) is 54.6 Å². The van der Waals surface area contributed by atoms with Crippen LogP contribution in [0.25, 0.3) is 0 Å². The molecule has 1 heterocycles. The smallest absolute Gasteiger partial charge is 0.449 e. The van der Waals surface area contributed by atoms with E-state index in [0.717, 1.165) is 18.7 Å². The number of likely N-dealkylation sites (tertiary alicyclic amines) is 1. The molecule has 1 saturated heterocycles. The number of carbonyl (C=O) groups excluding carboxylic acids is 2. The number of likely N-dealkylation sites (N-methyl/N-ethyl adjacent to an activating group) is 1. The summed E-state index contributed by atoms with van der Waals surface area (Å²) >= 11 is 0. The van der Waals surface area contributed by atoms with E-state index in [1.165, 1.54) is 30.4 Å². The number of benzene rings is 1. The first-order chi connectivity index (χ1) is 12.2. The Morgan fingerprint density at radius 3 is 2.31 bits per heavy atom. The zero-order chi connectivity index (χ0) is 19.3. The highest BCUT2D eigenvalue weighted by molar-refractivity contribution is 5.82. The number of ether oxygens (including phenoxy) is 1. The molecule has 0 bridgehead atoms. The molecule has 2 rings (SSSR count). The van der Waals surface area contributed by atoms with Gasteiger partial charge >= 0.3 is 12.1 Å². The van der Waals surface area contributed by atoms with Crippen molar-refractivity contribution in [3.8, 4) is 0 Å². The van der Waals surface area contributed by atoms with Gasteiger partial charge in [0.05, 0.1) is 0 Å². The maximum atomic E-state index is 12.1. The topological polar surface area (TPSA) is 49.9 Å². The minimum Gasteiger partial charge on any atom is -0.449 e. The van der Waals surface area contributed by atoms with Crippen LogP contribution in [0.15, 0.2) is 24.3 Å². The van der Waals surface area contributed by atoms with E-state index >= 15 is 0 Å². The molecule has 8 heteroatoms. The Kier molecular flexibility index (Phi) is 6.63. The quantitative estimate of drug-likeness (QED) is 0.721. The average Bonchev–Trinajstić information content (AvgIpc) is 3.13. The Labute approximate surface area is 150 Å². The summed E-state index contributed by atoms with van der Waals surface area (Å²) < 4.78 is 40.2. The molecule has 144 valence electrons. The molecule has 1 unspecified atom stereocenters. The standard InChI is InChI=1S/C18H23F3N2O3/c1-13(23-9-3-4-10-23)15-7-5-14(6-8-15)11-22(2)16(24)12-26-17(25)18(19,20)21/h5-8,13H,3-4,9-12H2,1-2H3. The van der Waals surface area contributed by atoms with Crippen LogP contribution in [0.5, 0.6) is 0 Å². The zero-order valence-corrected chi connectivity index (χ0v) is 14.9. The molecule has 0 aliphatic carbocycles. The van der Waals surface area contributed by atoms with Gasteiger partial charge in [-0.3, -0.25) is 9.69 Å². The first-order valence-corrected chi connectivity index (χ1v) is 8.49. The minimum atomic E-state index is -5.10. The van der Waals surface area contributed by atoms with Crippen LogP contribution in [0, 0.1) is 0 Å². The van der Waals surface area contributed by atoms with E-state index in [0.29, 0.717) is 6.04 Å². The van der Waals surface area contributed by atoms with Crippen LogP contribution in [0.3, 0.4) is 0 Å². The van der Waals surface area contributed by atoms with Crippen molar-refractivity contribution in [1.82, 2.24) is 9.80 Å². The third kappa shape index (κ3) is 5.45. The summed E-state index contributed by atoms with van der Waals surface area (Å²) in [6, 6.07) is 8.12. The van der Waals surface area contributed by atoms with Gasteiger partial charge in [-0.15, -0.1) is 0 Å². The summed E-state index contributed by atoms with van der Waals surface area (Å²) in [7, 11) is 1.45. The second kappa shape index (κ2) is 8.53. The van der Waals surface area contributed by atoms with Crippen LogP contribution in [0.4, 0.5) is 13.2 Å². The van der Waals surface area contributed by atoms with Crippen molar-refractivity contribution in [3.63, 3.8) is 0 Å². The Hall–Kier alpha value is -2.09. The van der Waals surface area contributed by atoms with E-state index in [1.54, 1.807) is 0 Å². The van der Waals surface area contributed by atoms with Crippen LogP contribution in [-0.2, 0) is 20.9 Å². The molecule has 1 aliphatic heterocycles. The van der Waals surface area contributed by atoms with Crippen molar-refractivity contribution in [2.45, 2.75) is 38.5 Å². The van der Waals surface area contributed by atoms with Gasteiger partial charge in [0.25, 0.3) is 5.91 Å². The van der Waals surface area contributed by atoms with Crippen molar-refractivity contribution >= 4 is 11.9 Å². The van der Waals surface area contributed by atoms with Crippen LogP contribution >= 0.6 is 0 Å². The minimum absolute atomic E-state index is 0.223. The largest absolute Gasteiger partial charge is 0.490 e. The number of amides is 1. The van der Waals surface area contributed by atoms with E-state index in [4.69, 9.17) is 0 Å². The number of esters is 1. The zero-order valence-electron chi connectivity index (χ0n) is 14.9. The highest BCUT2D eigenvalue weighted by atomic mass is 19.4. The maximum Gasteiger partial charge on any atom is 0.490 e. The number of halogens is 3. The van der Waals surface area contributed by atoms with Crippen molar-refractivity contribution in [2.24, 2.45) is 0 Å². The molecule has 0 radical (unpaired) electrons. The van der Waals surface area contributed by atoms with Gasteiger partial charge in [-0.2, -0.15) is 13.2 Å². The van der Waals surface area contributed by atoms with Gasteiger partial charge in [0.2, 0.25) is 0 Å². The lowest BCUT2D eigenvalue weighted by Crippen LogP contribution is -2.34. The van der Waals surface area contributed by atoms with E-state index in [2.05, 4.69) is 16.6 Å². The highest BCUT2D eigenvalue weighted by Gasteiger charge is 2.41. The first-order valence-electron chi connectivity index (χ1n) is 8.49. The third-order valence-corrected chi connectivity index (χ3v) is 4.55. The first kappa shape index (κ1) is 20.2. The van der Waals surface area contributed by atoms with E-state index in [1.807, 2.05) is 24.3 Å². The average molecular weight is 372 g/mol. The predicted molar refractivity (Wildman–Crippen MR) is 89.2 cm³/mol. The van der Waals surface area contributed by atoms with Crippen LogP contribution in [0.1, 0.15) is 36.9 Å². The molecule has 1 aromatic carbocycles. The van der Waals surface area contributed by atoms with Gasteiger partial charge in [-0.25, -0.2) is 4.79 Å². The van der Waals surface area contributed by atoms with Crippen LogP contribution < -0.4 is 0 Å². The van der Waals surface area contributed by atoms with Crippen LogP contribution in [0.2, 0.25) is 0 Å². The second-order valence-corrected chi connectivity index (χ2v) is 6.48. The van der Waals surface area contributed by atoms with Gasteiger partial charge in [0, 0.05) is 19.6 Å². The summed E-state index contributed by atoms with van der Waals surface area (Å²) in [4.78, 5) is 26.1. The van der Waals surface area contributed by atoms with Gasteiger partial charge in [-0.1, -0.05) is 24.3 Å². The number of carbonyl (C=O) groups is 2. The monoisotopic (exact) mass is 372 g/mol. The lowest BCUT2D eigenvalue weighted by Gasteiger charge is -2.24. The molecule has 0 saturated carbocycles. The molecule has 1 aliphatic rings. The molecular formula is C18H23F3N2O3. The summed E-state index contributed by atoms with van der Waals surface area (Å²) in [5.74, 6) is -3.06. The number of rotatable bonds is 6. The fourth-order valence-electron chi connectivity index (χ4n) is 2.92. The Balaban J connectivity index is 1.85. The molecule has 1 amide bonds. The molecule has 26 heavy (non-hydrogen) atoms. The Morgan fingerprint density at radius 2 is 1.77 bits per heavy atom. The van der Waals surface area contributed by atoms with E-state index < -0.39 is 24.7 Å². The summed E-state index contributed by atoms with van der Waals surface area (Å²) in [6.07, 6.45) is -2.66. The van der Waals surface area contributed by atoms with Crippen molar-refractivity contribution in [2.75, 3.05) is 26.7 Å². The number of alkyl halides is 3. The Bertz CT molecular complexity index is 626. The number of hydrogen-bond donors (Lipinski definition) is 0. The summed E-state index contributed by atoms with van der Waals surface area (Å²) in [5.41, 5.74) is 2.03. The maximum absolute atomic E-state index is 12.1. The molecular weight excluding hydrogens is 349 g/mol. The molecule has 1 aromatic rings. The number of hydrogen-bond acceptors (Lipinski definition) is 4. The fraction of sp³-hybridized carbons (Fsp3) is 0.556. The Morgan fingerprint density at radius 1 is 1.19 bits per heavy atom. The molecule has 1 atom stereocenters. The van der Waals surface area contributed by atoms with Crippen molar-refractivity contribution in [1.29, 1.82) is 0 Å². The molecule has 1 fully saturated rings. The molecule has 5 nitrogen and oxygen atoms in total. The molecule has 0 spiro atoms. The lowest BCUT2D eigenvalue weighted by atomic mass is 10.0. The van der Waals surface area contributed by atoms with Gasteiger partial charge in [-0.05, 0) is 44.0 Å². The fourth-order valence-corrected chi connectivity index (χ4v) is 2.92. The SMILES string of the molecule is CC(c1ccc(CN(C)C(=O)COC(=O)C(F)(F)F)cc1)N1CCCC1. The molecule has 0 N–H and O–H groups in total. The van der Waals surface area contributed by atoms with E-state index in [9.17, 15) is 22.8 Å². The highest BCUT2D eigenvalue weighted by Crippen LogP contribution is 2.24. The van der Waals surface area contributed by atoms with Crippen molar-refractivity contribution in [3.05, 3.63) is 35.4 Å². The van der Waals surface area contributed by atoms with Crippen molar-refractivity contribution < 1.29 is 27.5 Å². The van der Waals surface area contributed by atoms with Gasteiger partial charge < -0.3 is 9.64 Å². The third-order valence-electron chi connectivity index (χ3n) is 4.55. The molecule has 0 aromatic heterocycles. The van der Waals surface area contributed by atoms with E-state index in [-0.39, 0.29) is 6.54 Å². The summed E-state index contributed by atoms with van der Waals surface area (Å²) in [5, 5.41) is 0. The number of nitrogens with zero attached hydrogens (tertiary/aromatic N) is 2. The van der Waals surface area contributed by atoms with Gasteiger partial charge in [0.1, 0.15) is 0 Å². The predicted octanol–water partition coefficient (Wildman–Crippen LogP) is 2.91. The second-order valence-electron chi connectivity index (χ2n) is 6.48. The normalized spacial score (nSPS) is 16.3. The van der Waals surface area contributed by atoms with Gasteiger partial charge in [0.15, 0.2) is 6.61 Å².